The summed E-state index contributed by atoms with van der Waals surface area (Å²) in [6.45, 7) is 1.49. The second kappa shape index (κ2) is 6.81. The van der Waals surface area contributed by atoms with Crippen molar-refractivity contribution < 1.29 is 17.2 Å². The van der Waals surface area contributed by atoms with Crippen LogP contribution in [0.15, 0.2) is 53.9 Å². The Morgan fingerprint density at radius 2 is 1.77 bits per heavy atom. The van der Waals surface area contributed by atoms with Crippen LogP contribution in [0.5, 0.6) is 0 Å². The first kappa shape index (κ1) is 16.3. The Bertz CT molecular complexity index is 774. The number of nitrogens with one attached hydrogen (secondary N) is 1. The monoisotopic (exact) mass is 323 g/mol. The van der Waals surface area contributed by atoms with Gasteiger partial charge in [-0.2, -0.15) is 0 Å². The van der Waals surface area contributed by atoms with E-state index in [4.69, 9.17) is 0 Å². The number of sulfonamides is 1. The Morgan fingerprint density at radius 3 is 2.41 bits per heavy atom. The van der Waals surface area contributed by atoms with Gasteiger partial charge in [0.25, 0.3) is 0 Å². The molecule has 0 amide bonds. The van der Waals surface area contributed by atoms with Crippen LogP contribution in [0.3, 0.4) is 0 Å². The van der Waals surface area contributed by atoms with Gasteiger partial charge in [-0.3, -0.25) is 0 Å². The third kappa shape index (κ3) is 4.47. The summed E-state index contributed by atoms with van der Waals surface area (Å²) in [5, 5.41) is 1.01. The molecule has 0 aliphatic heterocycles. The molecule has 6 heteroatoms. The van der Waals surface area contributed by atoms with Crippen molar-refractivity contribution in [1.82, 2.24) is 4.72 Å². The van der Waals surface area contributed by atoms with Crippen molar-refractivity contribution in [2.24, 2.45) is 0 Å². The molecule has 0 saturated carbocycles. The van der Waals surface area contributed by atoms with Crippen LogP contribution in [0.2, 0.25) is 0 Å². The first-order valence-electron chi connectivity index (χ1n) is 6.58. The zero-order valence-electron chi connectivity index (χ0n) is 11.8. The standard InChI is InChI=1S/C16H15F2NO2S/c1-12(15-8-7-14(17)11-16(15)18)19-22(20,21)10-9-13-5-3-2-4-6-13/h2-12,19H,1H3/b10-9+/t12-/m1/s1. The first-order valence-corrected chi connectivity index (χ1v) is 8.12. The van der Waals surface area contributed by atoms with E-state index in [1.807, 2.05) is 6.07 Å². The summed E-state index contributed by atoms with van der Waals surface area (Å²) < 4.78 is 52.8. The lowest BCUT2D eigenvalue weighted by atomic mass is 10.1. The van der Waals surface area contributed by atoms with Crippen LogP contribution < -0.4 is 4.72 Å². The molecule has 0 spiro atoms. The molecule has 1 N–H and O–H groups in total. The van der Waals surface area contributed by atoms with Crippen molar-refractivity contribution in [2.75, 3.05) is 0 Å². The fourth-order valence-electron chi connectivity index (χ4n) is 1.93. The quantitative estimate of drug-likeness (QED) is 0.913. The molecule has 0 aliphatic rings. The molecular weight excluding hydrogens is 308 g/mol. The van der Waals surface area contributed by atoms with Crippen LogP contribution >= 0.6 is 0 Å². The Labute approximate surface area is 128 Å². The zero-order valence-corrected chi connectivity index (χ0v) is 12.6. The lowest BCUT2D eigenvalue weighted by Crippen LogP contribution is -2.25. The fraction of sp³-hybridized carbons (Fsp3) is 0.125. The third-order valence-corrected chi connectivity index (χ3v) is 4.19. The second-order valence-electron chi connectivity index (χ2n) is 4.76. The van der Waals surface area contributed by atoms with Crippen LogP contribution in [-0.4, -0.2) is 8.42 Å². The summed E-state index contributed by atoms with van der Waals surface area (Å²) in [5.41, 5.74) is 0.812. The van der Waals surface area contributed by atoms with Crippen molar-refractivity contribution in [3.05, 3.63) is 76.7 Å². The summed E-state index contributed by atoms with van der Waals surface area (Å²) in [6.07, 6.45) is 1.44. The van der Waals surface area contributed by atoms with Gasteiger partial charge in [0.05, 0.1) is 0 Å². The highest BCUT2D eigenvalue weighted by Gasteiger charge is 2.16. The number of halogens is 2. The second-order valence-corrected chi connectivity index (χ2v) is 6.36. The summed E-state index contributed by atoms with van der Waals surface area (Å²) in [6, 6.07) is 11.1. The van der Waals surface area contributed by atoms with Gasteiger partial charge in [-0.05, 0) is 24.6 Å². The minimum Gasteiger partial charge on any atom is -0.208 e. The lowest BCUT2D eigenvalue weighted by Gasteiger charge is -2.13. The molecular formula is C16H15F2NO2S. The van der Waals surface area contributed by atoms with Gasteiger partial charge in [-0.25, -0.2) is 21.9 Å². The SMILES string of the molecule is C[C@@H](NS(=O)(=O)/C=C/c1ccccc1)c1ccc(F)cc1F. The minimum absolute atomic E-state index is 0.0816. The molecule has 0 bridgehead atoms. The Kier molecular flexibility index (Phi) is 5.05. The molecule has 0 unspecified atom stereocenters. The van der Waals surface area contributed by atoms with E-state index in [2.05, 4.69) is 4.72 Å². The number of benzene rings is 2. The van der Waals surface area contributed by atoms with Crippen molar-refractivity contribution in [1.29, 1.82) is 0 Å². The summed E-state index contributed by atoms with van der Waals surface area (Å²) >= 11 is 0. The molecule has 116 valence electrons. The van der Waals surface area contributed by atoms with Crippen LogP contribution in [0.1, 0.15) is 24.1 Å². The van der Waals surface area contributed by atoms with Gasteiger partial charge in [0.2, 0.25) is 10.0 Å². The van der Waals surface area contributed by atoms with Crippen molar-refractivity contribution in [2.45, 2.75) is 13.0 Å². The van der Waals surface area contributed by atoms with Crippen molar-refractivity contribution >= 4 is 16.1 Å². The highest BCUT2D eigenvalue weighted by Crippen LogP contribution is 2.18. The summed E-state index contributed by atoms with van der Waals surface area (Å²) in [7, 11) is -3.75. The van der Waals surface area contributed by atoms with Crippen LogP contribution in [-0.2, 0) is 10.0 Å². The van der Waals surface area contributed by atoms with Crippen LogP contribution in [0.4, 0.5) is 8.78 Å². The molecule has 1 atom stereocenters. The minimum atomic E-state index is -3.75. The van der Waals surface area contributed by atoms with E-state index in [0.29, 0.717) is 0 Å². The Hall–Kier alpha value is -2.05. The summed E-state index contributed by atoms with van der Waals surface area (Å²) in [5.74, 6) is -1.50. The lowest BCUT2D eigenvalue weighted by molar-refractivity contribution is 0.544. The molecule has 2 aromatic carbocycles. The van der Waals surface area contributed by atoms with Crippen LogP contribution in [0.25, 0.3) is 6.08 Å². The molecule has 22 heavy (non-hydrogen) atoms. The topological polar surface area (TPSA) is 46.2 Å². The highest BCUT2D eigenvalue weighted by atomic mass is 32.2. The summed E-state index contributed by atoms with van der Waals surface area (Å²) in [4.78, 5) is 0. The normalized spacial score (nSPS) is 13.4. The van der Waals surface area contributed by atoms with Gasteiger partial charge in [0.15, 0.2) is 0 Å². The fourth-order valence-corrected chi connectivity index (χ4v) is 2.97. The molecule has 2 aromatic rings. The van der Waals surface area contributed by atoms with E-state index in [-0.39, 0.29) is 5.56 Å². The van der Waals surface area contributed by atoms with Gasteiger partial charge in [0.1, 0.15) is 11.6 Å². The molecule has 0 saturated heterocycles. The van der Waals surface area contributed by atoms with E-state index in [0.717, 1.165) is 23.1 Å². The Morgan fingerprint density at radius 1 is 1.09 bits per heavy atom. The predicted octanol–water partition coefficient (Wildman–Crippen LogP) is 3.62. The van der Waals surface area contributed by atoms with Gasteiger partial charge in [0, 0.05) is 23.1 Å². The zero-order chi connectivity index (χ0) is 16.2. The smallest absolute Gasteiger partial charge is 0.208 e. The largest absolute Gasteiger partial charge is 0.234 e. The average Bonchev–Trinajstić information content (AvgIpc) is 2.45. The first-order chi connectivity index (χ1) is 10.4. The molecule has 0 aromatic heterocycles. The maximum absolute atomic E-state index is 13.6. The third-order valence-electron chi connectivity index (χ3n) is 3.01. The molecule has 0 heterocycles. The van der Waals surface area contributed by atoms with Gasteiger partial charge < -0.3 is 0 Å². The predicted molar refractivity (Wildman–Crippen MR) is 82.3 cm³/mol. The maximum Gasteiger partial charge on any atom is 0.234 e. The highest BCUT2D eigenvalue weighted by molar-refractivity contribution is 7.92. The number of rotatable bonds is 5. The van der Waals surface area contributed by atoms with Gasteiger partial charge >= 0.3 is 0 Å². The number of hydrogen-bond acceptors (Lipinski definition) is 2. The van der Waals surface area contributed by atoms with E-state index in [9.17, 15) is 17.2 Å². The van der Waals surface area contributed by atoms with E-state index >= 15 is 0 Å². The molecule has 3 nitrogen and oxygen atoms in total. The van der Waals surface area contributed by atoms with Gasteiger partial charge in [-0.15, -0.1) is 0 Å². The average molecular weight is 323 g/mol. The van der Waals surface area contributed by atoms with Gasteiger partial charge in [-0.1, -0.05) is 36.4 Å². The molecule has 2 rings (SSSR count). The molecule has 0 radical (unpaired) electrons. The van der Waals surface area contributed by atoms with E-state index < -0.39 is 27.7 Å². The van der Waals surface area contributed by atoms with Crippen molar-refractivity contribution in [3.63, 3.8) is 0 Å². The maximum atomic E-state index is 13.6. The van der Waals surface area contributed by atoms with E-state index in [1.165, 1.54) is 19.1 Å². The van der Waals surface area contributed by atoms with Crippen molar-refractivity contribution in [3.8, 4) is 0 Å². The Balaban J connectivity index is 2.13. The number of hydrogen-bond donors (Lipinski definition) is 1. The molecule has 0 aliphatic carbocycles. The van der Waals surface area contributed by atoms with E-state index in [1.54, 1.807) is 24.3 Å². The van der Waals surface area contributed by atoms with Crippen LogP contribution in [0, 0.1) is 11.6 Å². The molecule has 0 fully saturated rings.